The molecule has 25 heavy (non-hydrogen) atoms. The lowest BCUT2D eigenvalue weighted by Gasteiger charge is -2.08. The van der Waals surface area contributed by atoms with E-state index in [2.05, 4.69) is 24.1 Å². The summed E-state index contributed by atoms with van der Waals surface area (Å²) in [5, 5.41) is 5.05. The van der Waals surface area contributed by atoms with Gasteiger partial charge in [-0.05, 0) is 46.9 Å². The first-order valence-corrected chi connectivity index (χ1v) is 8.55. The molecule has 2 N–H and O–H groups in total. The monoisotopic (exact) mass is 334 g/mol. The van der Waals surface area contributed by atoms with Gasteiger partial charge < -0.3 is 10.3 Å². The fraction of sp³-hybridized carbons (Fsp3) is 0.238. The number of hydrogen-bond acceptors (Lipinski definition) is 2. The van der Waals surface area contributed by atoms with Crippen molar-refractivity contribution < 1.29 is 4.79 Å². The van der Waals surface area contributed by atoms with Crippen molar-refractivity contribution in [2.45, 2.75) is 20.3 Å². The summed E-state index contributed by atoms with van der Waals surface area (Å²) < 4.78 is 0. The van der Waals surface area contributed by atoms with Crippen molar-refractivity contribution in [1.82, 2.24) is 10.3 Å². The standard InChI is InChI=1S/C21H22N2O2/c1-14(2)11-12-22-20(24)18-9-10-19(23-21(18)25)17-8-7-15-5-3-4-6-16(15)13-17/h3-10,13-14H,11-12H2,1-2H3,(H,22,24)(H,23,25). The average molecular weight is 334 g/mol. The topological polar surface area (TPSA) is 62.0 Å². The van der Waals surface area contributed by atoms with Crippen molar-refractivity contribution >= 4 is 16.7 Å². The summed E-state index contributed by atoms with van der Waals surface area (Å²) in [6, 6.07) is 17.5. The third-order valence-corrected chi connectivity index (χ3v) is 4.22. The van der Waals surface area contributed by atoms with Crippen LogP contribution in [0.5, 0.6) is 0 Å². The van der Waals surface area contributed by atoms with Crippen molar-refractivity contribution in [3.8, 4) is 11.3 Å². The lowest BCUT2D eigenvalue weighted by Crippen LogP contribution is -2.30. The van der Waals surface area contributed by atoms with Crippen molar-refractivity contribution in [2.24, 2.45) is 5.92 Å². The Hall–Kier alpha value is -2.88. The second-order valence-electron chi connectivity index (χ2n) is 6.62. The Morgan fingerprint density at radius 3 is 2.52 bits per heavy atom. The molecule has 0 unspecified atom stereocenters. The second kappa shape index (κ2) is 7.34. The highest BCUT2D eigenvalue weighted by atomic mass is 16.2. The summed E-state index contributed by atoms with van der Waals surface area (Å²) in [6.07, 6.45) is 0.888. The zero-order chi connectivity index (χ0) is 17.8. The SMILES string of the molecule is CC(C)CCNC(=O)c1ccc(-c2ccc3ccccc3c2)[nH]c1=O. The van der Waals surface area contributed by atoms with Crippen molar-refractivity contribution in [1.29, 1.82) is 0 Å². The Balaban J connectivity index is 1.83. The predicted octanol–water partition coefficient (Wildman–Crippen LogP) is 3.97. The fourth-order valence-corrected chi connectivity index (χ4v) is 2.75. The molecule has 0 aliphatic heterocycles. The van der Waals surface area contributed by atoms with E-state index in [0.717, 1.165) is 22.8 Å². The number of hydrogen-bond donors (Lipinski definition) is 2. The van der Waals surface area contributed by atoms with Crippen LogP contribution in [0.3, 0.4) is 0 Å². The van der Waals surface area contributed by atoms with Gasteiger partial charge in [0.05, 0.1) is 0 Å². The van der Waals surface area contributed by atoms with Crippen molar-refractivity contribution in [2.75, 3.05) is 6.54 Å². The van der Waals surface area contributed by atoms with Gasteiger partial charge >= 0.3 is 0 Å². The first kappa shape index (κ1) is 17.0. The van der Waals surface area contributed by atoms with E-state index in [4.69, 9.17) is 0 Å². The molecular weight excluding hydrogens is 312 g/mol. The Labute approximate surface area is 146 Å². The van der Waals surface area contributed by atoms with Crippen LogP contribution >= 0.6 is 0 Å². The summed E-state index contributed by atoms with van der Waals surface area (Å²) in [6.45, 7) is 4.76. The highest BCUT2D eigenvalue weighted by Crippen LogP contribution is 2.22. The minimum Gasteiger partial charge on any atom is -0.352 e. The number of H-pyrrole nitrogens is 1. The molecule has 0 saturated carbocycles. The third-order valence-electron chi connectivity index (χ3n) is 4.22. The molecule has 1 aromatic heterocycles. The molecule has 1 amide bonds. The van der Waals surface area contributed by atoms with Crippen molar-refractivity contribution in [3.05, 3.63) is 70.5 Å². The van der Waals surface area contributed by atoms with Gasteiger partial charge in [0.15, 0.2) is 0 Å². The van der Waals surface area contributed by atoms with E-state index in [9.17, 15) is 9.59 Å². The molecule has 0 aliphatic carbocycles. The number of pyridine rings is 1. The van der Waals surface area contributed by atoms with Gasteiger partial charge in [0.25, 0.3) is 11.5 Å². The highest BCUT2D eigenvalue weighted by molar-refractivity contribution is 5.94. The van der Waals surface area contributed by atoms with Gasteiger partial charge in [0, 0.05) is 12.2 Å². The van der Waals surface area contributed by atoms with Crippen molar-refractivity contribution in [3.63, 3.8) is 0 Å². The van der Waals surface area contributed by atoms with Crippen LogP contribution in [0.4, 0.5) is 0 Å². The molecule has 2 aromatic carbocycles. The number of aromatic nitrogens is 1. The summed E-state index contributed by atoms with van der Waals surface area (Å²) in [4.78, 5) is 27.3. The Morgan fingerprint density at radius 1 is 1.04 bits per heavy atom. The van der Waals surface area contributed by atoms with Crippen LogP contribution in [0.25, 0.3) is 22.0 Å². The minimum absolute atomic E-state index is 0.147. The number of nitrogens with one attached hydrogen (secondary N) is 2. The number of aromatic amines is 1. The highest BCUT2D eigenvalue weighted by Gasteiger charge is 2.11. The van der Waals surface area contributed by atoms with Gasteiger partial charge in [-0.25, -0.2) is 0 Å². The Bertz CT molecular complexity index is 957. The second-order valence-corrected chi connectivity index (χ2v) is 6.62. The Kier molecular flexibility index (Phi) is 4.98. The summed E-state index contributed by atoms with van der Waals surface area (Å²) in [5.74, 6) is 0.181. The van der Waals surface area contributed by atoms with E-state index in [1.54, 1.807) is 12.1 Å². The molecule has 0 aliphatic rings. The molecule has 0 radical (unpaired) electrons. The molecule has 3 aromatic rings. The molecule has 0 spiro atoms. The lowest BCUT2D eigenvalue weighted by atomic mass is 10.0. The van der Waals surface area contributed by atoms with Gasteiger partial charge in [-0.3, -0.25) is 9.59 Å². The molecule has 0 saturated heterocycles. The van der Waals surface area contributed by atoms with Crippen LogP contribution in [0.2, 0.25) is 0 Å². The van der Waals surface area contributed by atoms with Crippen LogP contribution in [-0.4, -0.2) is 17.4 Å². The average Bonchev–Trinajstić information content (AvgIpc) is 2.60. The zero-order valence-electron chi connectivity index (χ0n) is 14.5. The van der Waals surface area contributed by atoms with E-state index >= 15 is 0 Å². The molecule has 4 heteroatoms. The maximum Gasteiger partial charge on any atom is 0.261 e. The Morgan fingerprint density at radius 2 is 1.80 bits per heavy atom. The summed E-state index contributed by atoms with van der Waals surface area (Å²) in [5.41, 5.74) is 1.40. The van der Waals surface area contributed by atoms with Crippen LogP contribution in [0, 0.1) is 5.92 Å². The van der Waals surface area contributed by atoms with Crippen LogP contribution in [0.15, 0.2) is 59.4 Å². The normalized spacial score (nSPS) is 11.0. The number of amides is 1. The van der Waals surface area contributed by atoms with E-state index in [1.165, 1.54) is 0 Å². The molecular formula is C21H22N2O2. The molecule has 128 valence electrons. The van der Waals surface area contributed by atoms with Crippen LogP contribution in [-0.2, 0) is 0 Å². The third kappa shape index (κ3) is 3.97. The molecule has 4 nitrogen and oxygen atoms in total. The van der Waals surface area contributed by atoms with Gasteiger partial charge in [-0.1, -0.05) is 50.2 Å². The largest absolute Gasteiger partial charge is 0.352 e. The van der Waals surface area contributed by atoms with E-state index in [0.29, 0.717) is 18.2 Å². The number of fused-ring (bicyclic) bond motifs is 1. The van der Waals surface area contributed by atoms with Crippen LogP contribution in [0.1, 0.15) is 30.6 Å². The van der Waals surface area contributed by atoms with Crippen LogP contribution < -0.4 is 10.9 Å². The summed E-state index contributed by atoms with van der Waals surface area (Å²) >= 11 is 0. The number of benzene rings is 2. The quantitative estimate of drug-likeness (QED) is 0.741. The van der Waals surface area contributed by atoms with E-state index < -0.39 is 0 Å². The molecule has 0 bridgehead atoms. The molecule has 1 heterocycles. The van der Waals surface area contributed by atoms with E-state index in [-0.39, 0.29) is 17.0 Å². The lowest BCUT2D eigenvalue weighted by molar-refractivity contribution is 0.0950. The summed E-state index contributed by atoms with van der Waals surface area (Å²) in [7, 11) is 0. The molecule has 3 rings (SSSR count). The molecule has 0 fully saturated rings. The maximum absolute atomic E-state index is 12.3. The smallest absolute Gasteiger partial charge is 0.261 e. The number of rotatable bonds is 5. The molecule has 0 atom stereocenters. The number of carbonyl (C=O) groups is 1. The number of carbonyl (C=O) groups excluding carboxylic acids is 1. The van der Waals surface area contributed by atoms with E-state index in [1.807, 2.05) is 42.5 Å². The van der Waals surface area contributed by atoms with Gasteiger partial charge in [0.1, 0.15) is 5.56 Å². The fourth-order valence-electron chi connectivity index (χ4n) is 2.75. The first-order valence-electron chi connectivity index (χ1n) is 8.55. The zero-order valence-corrected chi connectivity index (χ0v) is 14.5. The minimum atomic E-state index is -0.368. The first-order chi connectivity index (χ1) is 12.0. The van der Waals surface area contributed by atoms with Gasteiger partial charge in [-0.2, -0.15) is 0 Å². The predicted molar refractivity (Wildman–Crippen MR) is 102 cm³/mol. The van der Waals surface area contributed by atoms with Gasteiger partial charge in [-0.15, -0.1) is 0 Å². The van der Waals surface area contributed by atoms with Gasteiger partial charge in [0.2, 0.25) is 0 Å². The maximum atomic E-state index is 12.3.